The van der Waals surface area contributed by atoms with Crippen LogP contribution in [-0.4, -0.2) is 31.7 Å². The van der Waals surface area contributed by atoms with Crippen LogP contribution < -0.4 is 10.4 Å². The van der Waals surface area contributed by atoms with Crippen molar-refractivity contribution in [1.82, 2.24) is 0 Å². The van der Waals surface area contributed by atoms with E-state index in [2.05, 4.69) is 13.8 Å². The summed E-state index contributed by atoms with van der Waals surface area (Å²) < 4.78 is 22.4. The Morgan fingerprint density at radius 2 is 1.76 bits per heavy atom. The number of methoxy groups -OCH3 is 2. The first kappa shape index (κ1) is 28.7. The van der Waals surface area contributed by atoms with E-state index in [-0.39, 0.29) is 16.8 Å². The molecule has 0 fully saturated rings. The van der Waals surface area contributed by atoms with Gasteiger partial charge in [-0.3, -0.25) is 0 Å². The fourth-order valence-electron chi connectivity index (χ4n) is 3.91. The largest absolute Gasteiger partial charge is 0.503 e. The van der Waals surface area contributed by atoms with Crippen LogP contribution in [0.1, 0.15) is 53.5 Å². The molecule has 0 unspecified atom stereocenters. The van der Waals surface area contributed by atoms with E-state index in [0.717, 1.165) is 46.4 Å². The Morgan fingerprint density at radius 3 is 2.41 bits per heavy atom. The minimum Gasteiger partial charge on any atom is -0.503 e. The zero-order valence-corrected chi connectivity index (χ0v) is 23.6. The third-order valence-electron chi connectivity index (χ3n) is 5.63. The second-order valence-corrected chi connectivity index (χ2v) is 11.1. The Kier molecular flexibility index (Phi) is 11.0. The first-order valence-corrected chi connectivity index (χ1v) is 14.4. The Bertz CT molecular complexity index is 1290. The Morgan fingerprint density at radius 1 is 1.05 bits per heavy atom. The molecule has 0 saturated carbocycles. The predicted molar refractivity (Wildman–Crippen MR) is 153 cm³/mol. The van der Waals surface area contributed by atoms with Crippen molar-refractivity contribution in [1.29, 1.82) is 0 Å². The highest BCUT2D eigenvalue weighted by Gasteiger charge is 2.24. The van der Waals surface area contributed by atoms with Gasteiger partial charge in [0.15, 0.2) is 0 Å². The van der Waals surface area contributed by atoms with Gasteiger partial charge in [0.25, 0.3) is 0 Å². The molecule has 0 radical (unpaired) electrons. The molecule has 0 atom stereocenters. The second kappa shape index (κ2) is 14.2. The quantitative estimate of drug-likeness (QED) is 0.0743. The van der Waals surface area contributed by atoms with Gasteiger partial charge < -0.3 is 18.6 Å². The van der Waals surface area contributed by atoms with Gasteiger partial charge in [-0.2, -0.15) is 0 Å². The number of carbonyl (C=O) groups is 1. The van der Waals surface area contributed by atoms with E-state index in [9.17, 15) is 9.59 Å². The SMILES string of the molecule is CCCSC(SCCC)c1c(OCc2ccccc2/C(=C\OC)C(=O)OC)ccc2c(C)cc(=O)oc12. The van der Waals surface area contributed by atoms with Gasteiger partial charge in [0.2, 0.25) is 0 Å². The van der Waals surface area contributed by atoms with Crippen molar-refractivity contribution in [2.24, 2.45) is 0 Å². The van der Waals surface area contributed by atoms with Crippen molar-refractivity contribution in [2.75, 3.05) is 25.7 Å². The number of esters is 1. The molecule has 37 heavy (non-hydrogen) atoms. The molecule has 3 rings (SSSR count). The van der Waals surface area contributed by atoms with Crippen molar-refractivity contribution in [3.8, 4) is 5.75 Å². The maximum Gasteiger partial charge on any atom is 0.341 e. The smallest absolute Gasteiger partial charge is 0.341 e. The summed E-state index contributed by atoms with van der Waals surface area (Å²) in [7, 11) is 2.82. The molecule has 0 N–H and O–H groups in total. The molecule has 0 saturated heterocycles. The van der Waals surface area contributed by atoms with Gasteiger partial charge in [0, 0.05) is 11.5 Å². The Hall–Kier alpha value is -2.84. The maximum absolute atomic E-state index is 12.4. The van der Waals surface area contributed by atoms with Crippen LogP contribution in [0.3, 0.4) is 0 Å². The molecular formula is C29H34O6S2. The number of thioether (sulfide) groups is 2. The molecule has 8 heteroatoms. The number of rotatable bonds is 13. The summed E-state index contributed by atoms with van der Waals surface area (Å²) in [6.07, 6.45) is 3.45. The number of fused-ring (bicyclic) bond motifs is 1. The average molecular weight is 543 g/mol. The molecule has 1 aromatic heterocycles. The number of aryl methyl sites for hydroxylation is 1. The monoisotopic (exact) mass is 542 g/mol. The highest BCUT2D eigenvalue weighted by molar-refractivity contribution is 8.16. The van der Waals surface area contributed by atoms with E-state index in [0.29, 0.717) is 22.5 Å². The number of hydrogen-bond donors (Lipinski definition) is 0. The van der Waals surface area contributed by atoms with E-state index in [1.54, 1.807) is 0 Å². The third-order valence-corrected chi connectivity index (χ3v) is 8.81. The lowest BCUT2D eigenvalue weighted by molar-refractivity contribution is -0.133. The normalized spacial score (nSPS) is 11.7. The molecule has 0 aliphatic heterocycles. The molecule has 2 aromatic carbocycles. The van der Waals surface area contributed by atoms with Gasteiger partial charge in [0.1, 0.15) is 23.5 Å². The minimum atomic E-state index is -0.495. The van der Waals surface area contributed by atoms with E-state index >= 15 is 0 Å². The van der Waals surface area contributed by atoms with Crippen LogP contribution >= 0.6 is 23.5 Å². The molecule has 1 heterocycles. The van der Waals surface area contributed by atoms with E-state index < -0.39 is 5.97 Å². The van der Waals surface area contributed by atoms with Crippen LogP contribution in [0.4, 0.5) is 0 Å². The lowest BCUT2D eigenvalue weighted by Gasteiger charge is -2.22. The van der Waals surface area contributed by atoms with Gasteiger partial charge in [-0.15, -0.1) is 23.5 Å². The topological polar surface area (TPSA) is 75.0 Å². The lowest BCUT2D eigenvalue weighted by Crippen LogP contribution is -2.09. The minimum absolute atomic E-state index is 0.0396. The number of carbonyl (C=O) groups excluding carboxylic acids is 1. The van der Waals surface area contributed by atoms with E-state index in [4.69, 9.17) is 18.6 Å². The second-order valence-electron chi connectivity index (χ2n) is 8.38. The van der Waals surface area contributed by atoms with Gasteiger partial charge in [0.05, 0.1) is 30.6 Å². The van der Waals surface area contributed by atoms with Gasteiger partial charge in [-0.25, -0.2) is 9.59 Å². The number of ether oxygens (including phenoxy) is 3. The van der Waals surface area contributed by atoms with Crippen molar-refractivity contribution in [3.63, 3.8) is 0 Å². The van der Waals surface area contributed by atoms with Gasteiger partial charge >= 0.3 is 11.6 Å². The molecular weight excluding hydrogens is 508 g/mol. The van der Waals surface area contributed by atoms with Gasteiger partial charge in [-0.1, -0.05) is 38.1 Å². The molecule has 0 amide bonds. The molecule has 0 aliphatic carbocycles. The van der Waals surface area contributed by atoms with Crippen LogP contribution in [0.5, 0.6) is 5.75 Å². The molecule has 6 nitrogen and oxygen atoms in total. The van der Waals surface area contributed by atoms with Crippen LogP contribution in [0, 0.1) is 6.92 Å². The maximum atomic E-state index is 12.4. The summed E-state index contributed by atoms with van der Waals surface area (Å²) in [5.41, 5.74) is 3.72. The highest BCUT2D eigenvalue weighted by atomic mass is 32.2. The van der Waals surface area contributed by atoms with Crippen molar-refractivity contribution < 1.29 is 23.4 Å². The van der Waals surface area contributed by atoms with Crippen molar-refractivity contribution in [2.45, 2.75) is 44.8 Å². The Balaban J connectivity index is 2.09. The van der Waals surface area contributed by atoms with Crippen molar-refractivity contribution in [3.05, 3.63) is 81.4 Å². The van der Waals surface area contributed by atoms with Crippen LogP contribution in [0.2, 0.25) is 0 Å². The Labute approximate surface area is 226 Å². The van der Waals surface area contributed by atoms with Gasteiger partial charge in [-0.05, 0) is 60.1 Å². The summed E-state index contributed by atoms with van der Waals surface area (Å²) in [5, 5.41) is 0.901. The summed E-state index contributed by atoms with van der Waals surface area (Å²) in [6.45, 7) is 6.43. The average Bonchev–Trinajstić information content (AvgIpc) is 2.90. The first-order chi connectivity index (χ1) is 17.9. The molecule has 3 aromatic rings. The fourth-order valence-corrected chi connectivity index (χ4v) is 6.56. The summed E-state index contributed by atoms with van der Waals surface area (Å²) >= 11 is 3.67. The zero-order chi connectivity index (χ0) is 26.8. The number of benzene rings is 2. The summed E-state index contributed by atoms with van der Waals surface area (Å²) in [6, 6.07) is 12.9. The van der Waals surface area contributed by atoms with E-state index in [1.807, 2.05) is 66.8 Å². The molecule has 0 aliphatic rings. The molecule has 0 bridgehead atoms. The third kappa shape index (κ3) is 7.14. The zero-order valence-electron chi connectivity index (χ0n) is 22.0. The number of hydrogen-bond acceptors (Lipinski definition) is 8. The van der Waals surface area contributed by atoms with Crippen LogP contribution in [-0.2, 0) is 20.9 Å². The van der Waals surface area contributed by atoms with Crippen LogP contribution in [0.15, 0.2) is 57.9 Å². The summed E-state index contributed by atoms with van der Waals surface area (Å²) in [5.74, 6) is 2.11. The van der Waals surface area contributed by atoms with Crippen LogP contribution in [0.25, 0.3) is 16.5 Å². The lowest BCUT2D eigenvalue weighted by atomic mass is 10.0. The highest BCUT2D eigenvalue weighted by Crippen LogP contribution is 2.47. The first-order valence-electron chi connectivity index (χ1n) is 12.3. The van der Waals surface area contributed by atoms with E-state index in [1.165, 1.54) is 26.5 Å². The molecule has 198 valence electrons. The summed E-state index contributed by atoms with van der Waals surface area (Å²) in [4.78, 5) is 24.8. The van der Waals surface area contributed by atoms with Crippen molar-refractivity contribution >= 4 is 46.0 Å². The molecule has 0 spiro atoms. The standard InChI is InChI=1S/C29H34O6S2/c1-6-14-36-29(37-15-7-2)26-24(13-12-21-19(3)16-25(30)35-27(21)26)34-17-20-10-8-9-11-22(20)23(18-32-4)28(31)33-5/h8-13,16,18,29H,6-7,14-15,17H2,1-5H3/b23-18+. The fraction of sp³-hybridized carbons (Fsp3) is 0.379. The predicted octanol–water partition coefficient (Wildman–Crippen LogP) is 7.13.